The first-order chi connectivity index (χ1) is 12.8. The molecule has 1 saturated heterocycles. The molecule has 2 aromatic carbocycles. The fourth-order valence-corrected chi connectivity index (χ4v) is 4.04. The summed E-state index contributed by atoms with van der Waals surface area (Å²) in [6.07, 6.45) is 1.05. The molecule has 2 unspecified atom stereocenters. The zero-order chi connectivity index (χ0) is 17.9. The van der Waals surface area contributed by atoms with Gasteiger partial charge in [0.2, 0.25) is 0 Å². The number of benzene rings is 2. The molecule has 136 valence electrons. The van der Waals surface area contributed by atoms with Crippen LogP contribution in [0.3, 0.4) is 0 Å². The summed E-state index contributed by atoms with van der Waals surface area (Å²) < 4.78 is 0. The number of hydrazine groups is 1. The molecular weight excluding hydrogens is 320 g/mol. The van der Waals surface area contributed by atoms with Gasteiger partial charge in [0.25, 0.3) is 0 Å². The zero-order valence-electron chi connectivity index (χ0n) is 15.6. The van der Waals surface area contributed by atoms with E-state index in [4.69, 9.17) is 0 Å². The van der Waals surface area contributed by atoms with Crippen LogP contribution in [0.25, 0.3) is 10.9 Å². The van der Waals surface area contributed by atoms with Gasteiger partial charge in [0, 0.05) is 42.1 Å². The van der Waals surface area contributed by atoms with Crippen LogP contribution in [0.15, 0.2) is 48.5 Å². The number of aromatic nitrogens is 1. The summed E-state index contributed by atoms with van der Waals surface area (Å²) in [5.41, 5.74) is 13.4. The Morgan fingerprint density at radius 2 is 1.96 bits per heavy atom. The van der Waals surface area contributed by atoms with E-state index in [9.17, 15) is 0 Å². The smallest absolute Gasteiger partial charge is 0.0515 e. The van der Waals surface area contributed by atoms with Crippen LogP contribution in [0.1, 0.15) is 35.3 Å². The van der Waals surface area contributed by atoms with E-state index < -0.39 is 0 Å². The third-order valence-corrected chi connectivity index (χ3v) is 5.57. The Morgan fingerprint density at radius 3 is 2.77 bits per heavy atom. The summed E-state index contributed by atoms with van der Waals surface area (Å²) in [5, 5.41) is 5.01. The van der Waals surface area contributed by atoms with E-state index in [1.807, 2.05) is 0 Å². The van der Waals surface area contributed by atoms with E-state index in [0.29, 0.717) is 12.0 Å². The summed E-state index contributed by atoms with van der Waals surface area (Å²) in [4.78, 5) is 3.53. The van der Waals surface area contributed by atoms with Gasteiger partial charge in [-0.05, 0) is 42.2 Å². The van der Waals surface area contributed by atoms with Gasteiger partial charge < -0.3 is 10.3 Å². The number of rotatable bonds is 6. The van der Waals surface area contributed by atoms with Crippen molar-refractivity contribution in [2.24, 2.45) is 5.92 Å². The molecule has 1 fully saturated rings. The highest BCUT2D eigenvalue weighted by atomic mass is 15.4. The molecule has 3 aromatic rings. The Hall–Kier alpha value is -2.14. The summed E-state index contributed by atoms with van der Waals surface area (Å²) in [6.45, 7) is 7.30. The van der Waals surface area contributed by atoms with Crippen molar-refractivity contribution in [1.29, 1.82) is 0 Å². The summed E-state index contributed by atoms with van der Waals surface area (Å²) in [5.74, 6) is 0.543. The van der Waals surface area contributed by atoms with Gasteiger partial charge in [-0.1, -0.05) is 43.3 Å². The minimum absolute atomic E-state index is 0.366. The molecule has 0 spiro atoms. The Morgan fingerprint density at radius 1 is 1.12 bits per heavy atom. The van der Waals surface area contributed by atoms with Crippen molar-refractivity contribution in [3.05, 3.63) is 70.9 Å². The maximum atomic E-state index is 3.66. The molecule has 4 rings (SSSR count). The molecule has 0 aliphatic carbocycles. The van der Waals surface area contributed by atoms with E-state index in [1.54, 1.807) is 0 Å². The number of fused-ring (bicyclic) bond motifs is 1. The quantitative estimate of drug-likeness (QED) is 0.551. The van der Waals surface area contributed by atoms with Crippen LogP contribution in [0.5, 0.6) is 0 Å². The summed E-state index contributed by atoms with van der Waals surface area (Å²) in [6, 6.07) is 17.8. The number of aromatic amines is 1. The highest BCUT2D eigenvalue weighted by molar-refractivity contribution is 5.85. The van der Waals surface area contributed by atoms with Crippen LogP contribution in [0, 0.1) is 12.8 Å². The highest BCUT2D eigenvalue weighted by Gasteiger charge is 2.27. The van der Waals surface area contributed by atoms with Gasteiger partial charge in [-0.25, -0.2) is 5.43 Å². The molecule has 0 radical (unpaired) electrons. The number of hydrogen-bond donors (Lipinski definition) is 4. The van der Waals surface area contributed by atoms with E-state index in [1.165, 1.54) is 33.3 Å². The standard InChI is InChI=1S/C22H28N4/c1-3-20-15(2)19-11-16(9-10-21(19)25-20)12-23-13-18-14-24-26-22(18)17-7-5-4-6-8-17/h4-11,18,22-26H,3,12-14H2,1-2H3. The van der Waals surface area contributed by atoms with Crippen LogP contribution >= 0.6 is 0 Å². The van der Waals surface area contributed by atoms with Crippen LogP contribution in [0.4, 0.5) is 0 Å². The van der Waals surface area contributed by atoms with Crippen LogP contribution in [-0.2, 0) is 13.0 Å². The Balaban J connectivity index is 1.40. The maximum absolute atomic E-state index is 3.66. The number of H-pyrrole nitrogens is 1. The van der Waals surface area contributed by atoms with Crippen LogP contribution in [0.2, 0.25) is 0 Å². The molecule has 0 saturated carbocycles. The molecule has 1 aliphatic heterocycles. The normalized spacial score (nSPS) is 20.1. The van der Waals surface area contributed by atoms with Gasteiger partial charge >= 0.3 is 0 Å². The molecule has 0 bridgehead atoms. The van der Waals surface area contributed by atoms with Gasteiger partial charge in [-0.2, -0.15) is 0 Å². The van der Waals surface area contributed by atoms with E-state index in [0.717, 1.165) is 26.1 Å². The van der Waals surface area contributed by atoms with Crippen molar-refractivity contribution in [2.45, 2.75) is 32.9 Å². The second-order valence-corrected chi connectivity index (χ2v) is 7.27. The van der Waals surface area contributed by atoms with Gasteiger partial charge in [-0.15, -0.1) is 0 Å². The lowest BCUT2D eigenvalue weighted by atomic mass is 9.95. The maximum Gasteiger partial charge on any atom is 0.0515 e. The highest BCUT2D eigenvalue weighted by Crippen LogP contribution is 2.25. The van der Waals surface area contributed by atoms with Gasteiger partial charge in [0.1, 0.15) is 0 Å². The van der Waals surface area contributed by atoms with Crippen molar-refractivity contribution in [3.8, 4) is 0 Å². The van der Waals surface area contributed by atoms with Gasteiger partial charge in [-0.3, -0.25) is 5.43 Å². The predicted molar refractivity (Wildman–Crippen MR) is 108 cm³/mol. The molecule has 2 heterocycles. The number of aryl methyl sites for hydroxylation is 2. The lowest BCUT2D eigenvalue weighted by molar-refractivity contribution is 0.442. The Bertz CT molecular complexity index is 868. The van der Waals surface area contributed by atoms with Crippen molar-refractivity contribution in [1.82, 2.24) is 21.2 Å². The third kappa shape index (κ3) is 3.40. The largest absolute Gasteiger partial charge is 0.358 e. The van der Waals surface area contributed by atoms with E-state index in [-0.39, 0.29) is 0 Å². The van der Waals surface area contributed by atoms with Crippen molar-refractivity contribution in [2.75, 3.05) is 13.1 Å². The first-order valence-corrected chi connectivity index (χ1v) is 9.60. The zero-order valence-corrected chi connectivity index (χ0v) is 15.6. The van der Waals surface area contributed by atoms with Crippen LogP contribution < -0.4 is 16.2 Å². The average Bonchev–Trinajstić information content (AvgIpc) is 3.27. The molecule has 4 heteroatoms. The van der Waals surface area contributed by atoms with Gasteiger partial charge in [0.05, 0.1) is 6.04 Å². The molecule has 1 aliphatic rings. The van der Waals surface area contributed by atoms with E-state index >= 15 is 0 Å². The molecule has 4 N–H and O–H groups in total. The monoisotopic (exact) mass is 348 g/mol. The molecule has 2 atom stereocenters. The average molecular weight is 348 g/mol. The number of hydrogen-bond acceptors (Lipinski definition) is 3. The molecule has 0 amide bonds. The first-order valence-electron chi connectivity index (χ1n) is 9.60. The SMILES string of the molecule is CCc1[nH]c2ccc(CNCC3CNNC3c3ccccc3)cc2c1C. The lowest BCUT2D eigenvalue weighted by Gasteiger charge is -2.19. The summed E-state index contributed by atoms with van der Waals surface area (Å²) in [7, 11) is 0. The fraction of sp³-hybridized carbons (Fsp3) is 0.364. The second kappa shape index (κ2) is 7.62. The minimum Gasteiger partial charge on any atom is -0.358 e. The lowest BCUT2D eigenvalue weighted by Crippen LogP contribution is -2.28. The second-order valence-electron chi connectivity index (χ2n) is 7.27. The van der Waals surface area contributed by atoms with Crippen molar-refractivity contribution < 1.29 is 0 Å². The minimum atomic E-state index is 0.366. The third-order valence-electron chi connectivity index (χ3n) is 5.57. The Labute approximate surface area is 155 Å². The fourth-order valence-electron chi connectivity index (χ4n) is 4.04. The first kappa shape index (κ1) is 17.3. The molecule has 4 nitrogen and oxygen atoms in total. The molecule has 1 aromatic heterocycles. The Kier molecular flexibility index (Phi) is 5.07. The van der Waals surface area contributed by atoms with Crippen LogP contribution in [-0.4, -0.2) is 18.1 Å². The predicted octanol–water partition coefficient (Wildman–Crippen LogP) is 3.59. The van der Waals surface area contributed by atoms with Crippen molar-refractivity contribution >= 4 is 10.9 Å². The van der Waals surface area contributed by atoms with E-state index in [2.05, 4.69) is 83.5 Å². The number of nitrogens with one attached hydrogen (secondary N) is 4. The topological polar surface area (TPSA) is 51.9 Å². The molecular formula is C22H28N4. The summed E-state index contributed by atoms with van der Waals surface area (Å²) >= 11 is 0. The van der Waals surface area contributed by atoms with Gasteiger partial charge in [0.15, 0.2) is 0 Å². The van der Waals surface area contributed by atoms with Crippen molar-refractivity contribution in [3.63, 3.8) is 0 Å². The molecule has 26 heavy (non-hydrogen) atoms.